The van der Waals surface area contributed by atoms with Crippen LogP contribution in [-0.2, 0) is 0 Å². The van der Waals surface area contributed by atoms with Gasteiger partial charge in [-0.2, -0.15) is 0 Å². The Bertz CT molecular complexity index is 778. The molecule has 1 N–H and O–H groups in total. The van der Waals surface area contributed by atoms with Crippen LogP contribution in [0.2, 0.25) is 0 Å². The Morgan fingerprint density at radius 3 is 2.69 bits per heavy atom. The summed E-state index contributed by atoms with van der Waals surface area (Å²) in [4.78, 5) is 23.7. The van der Waals surface area contributed by atoms with E-state index in [-0.39, 0.29) is 24.2 Å². The highest BCUT2D eigenvalue weighted by Gasteiger charge is 2.44. The van der Waals surface area contributed by atoms with E-state index in [9.17, 15) is 4.79 Å². The lowest BCUT2D eigenvalue weighted by atomic mass is 10.00. The van der Waals surface area contributed by atoms with Crippen LogP contribution in [0.4, 0.5) is 9.93 Å². The molecule has 0 spiro atoms. The molecular formula is C19H22N4O2S. The molecule has 2 amide bonds. The molecule has 2 aromatic rings. The van der Waals surface area contributed by atoms with E-state index in [1.165, 1.54) is 24.2 Å². The first-order chi connectivity index (χ1) is 12.8. The third-order valence-electron chi connectivity index (χ3n) is 5.58. The van der Waals surface area contributed by atoms with Crippen LogP contribution >= 0.6 is 11.3 Å². The predicted molar refractivity (Wildman–Crippen MR) is 99.6 cm³/mol. The second-order valence-electron chi connectivity index (χ2n) is 7.45. The molecule has 0 aromatic carbocycles. The lowest BCUT2D eigenvalue weighted by molar-refractivity contribution is 0.0704. The van der Waals surface area contributed by atoms with Gasteiger partial charge in [0.05, 0.1) is 5.69 Å². The number of fused-ring (bicyclic) bond motifs is 2. The minimum atomic E-state index is -0.00881. The molecule has 1 saturated carbocycles. The number of ether oxygens (including phenoxy) is 1. The molecule has 2 unspecified atom stereocenters. The molecule has 2 aromatic heterocycles. The van der Waals surface area contributed by atoms with Gasteiger partial charge < -0.3 is 9.64 Å². The van der Waals surface area contributed by atoms with Crippen molar-refractivity contribution in [3.8, 4) is 5.88 Å². The number of hydrogen-bond donors (Lipinski definition) is 1. The van der Waals surface area contributed by atoms with Crippen molar-refractivity contribution in [2.45, 2.75) is 62.6 Å². The van der Waals surface area contributed by atoms with Crippen molar-refractivity contribution in [1.82, 2.24) is 14.9 Å². The molecule has 3 aliphatic rings. The number of nitrogens with one attached hydrogen (secondary N) is 1. The van der Waals surface area contributed by atoms with Gasteiger partial charge in [-0.1, -0.05) is 6.07 Å². The van der Waals surface area contributed by atoms with Crippen molar-refractivity contribution < 1.29 is 9.53 Å². The number of carbonyl (C=O) groups is 1. The first kappa shape index (κ1) is 16.1. The van der Waals surface area contributed by atoms with Crippen LogP contribution in [-0.4, -0.2) is 39.1 Å². The molecule has 6 nitrogen and oxygen atoms in total. The fraction of sp³-hybridized carbons (Fsp3) is 0.526. The van der Waals surface area contributed by atoms with E-state index in [1.807, 2.05) is 23.1 Å². The van der Waals surface area contributed by atoms with Crippen molar-refractivity contribution in [2.75, 3.05) is 5.32 Å². The monoisotopic (exact) mass is 370 g/mol. The third-order valence-corrected chi connectivity index (χ3v) is 6.36. The summed E-state index contributed by atoms with van der Waals surface area (Å²) in [6.07, 6.45) is 8.16. The molecule has 2 aliphatic heterocycles. The summed E-state index contributed by atoms with van der Waals surface area (Å²) < 4.78 is 6.04. The second kappa shape index (κ2) is 6.54. The van der Waals surface area contributed by atoms with Crippen molar-refractivity contribution >= 4 is 22.5 Å². The van der Waals surface area contributed by atoms with Gasteiger partial charge in [-0.25, -0.2) is 14.8 Å². The van der Waals surface area contributed by atoms with E-state index in [0.717, 1.165) is 36.5 Å². The van der Waals surface area contributed by atoms with Gasteiger partial charge in [0, 0.05) is 48.5 Å². The molecule has 26 heavy (non-hydrogen) atoms. The van der Waals surface area contributed by atoms with Crippen molar-refractivity contribution in [3.05, 3.63) is 35.5 Å². The van der Waals surface area contributed by atoms with Gasteiger partial charge in [0.1, 0.15) is 6.10 Å². The van der Waals surface area contributed by atoms with E-state index < -0.39 is 0 Å². The molecule has 7 heteroatoms. The summed E-state index contributed by atoms with van der Waals surface area (Å²) in [6, 6.07) is 6.18. The Labute approximate surface area is 156 Å². The molecule has 2 bridgehead atoms. The van der Waals surface area contributed by atoms with Crippen molar-refractivity contribution in [2.24, 2.45) is 0 Å². The smallest absolute Gasteiger partial charge is 0.324 e. The van der Waals surface area contributed by atoms with Crippen LogP contribution in [0.25, 0.3) is 0 Å². The molecule has 2 atom stereocenters. The number of thiazole rings is 1. The summed E-state index contributed by atoms with van der Waals surface area (Å²) in [6.45, 7) is 0. The molecule has 3 fully saturated rings. The molecule has 5 rings (SSSR count). The maximum Gasteiger partial charge on any atom is 0.324 e. The number of aromatic nitrogens is 2. The Hall–Kier alpha value is -2.15. The number of urea groups is 1. The van der Waals surface area contributed by atoms with Crippen LogP contribution in [0, 0.1) is 0 Å². The summed E-state index contributed by atoms with van der Waals surface area (Å²) >= 11 is 1.53. The van der Waals surface area contributed by atoms with Crippen molar-refractivity contribution in [1.29, 1.82) is 0 Å². The summed E-state index contributed by atoms with van der Waals surface area (Å²) in [5, 5.41) is 5.82. The van der Waals surface area contributed by atoms with Gasteiger partial charge >= 0.3 is 6.03 Å². The lowest BCUT2D eigenvalue weighted by Gasteiger charge is -2.38. The number of hydrogen-bond acceptors (Lipinski definition) is 5. The fourth-order valence-electron chi connectivity index (χ4n) is 4.21. The van der Waals surface area contributed by atoms with Crippen molar-refractivity contribution in [3.63, 3.8) is 0 Å². The van der Waals surface area contributed by atoms with E-state index in [0.29, 0.717) is 11.8 Å². The molecule has 4 heterocycles. The summed E-state index contributed by atoms with van der Waals surface area (Å²) in [7, 11) is 0. The van der Waals surface area contributed by atoms with Gasteiger partial charge in [-0.3, -0.25) is 5.32 Å². The van der Waals surface area contributed by atoms with E-state index >= 15 is 0 Å². The Kier molecular flexibility index (Phi) is 4.04. The zero-order valence-electron chi connectivity index (χ0n) is 14.5. The van der Waals surface area contributed by atoms with Gasteiger partial charge in [0.2, 0.25) is 5.88 Å². The number of pyridine rings is 1. The first-order valence-electron chi connectivity index (χ1n) is 9.38. The van der Waals surface area contributed by atoms with Gasteiger partial charge in [0.25, 0.3) is 0 Å². The van der Waals surface area contributed by atoms with E-state index in [4.69, 9.17) is 4.74 Å². The fourth-order valence-corrected chi connectivity index (χ4v) is 4.99. The van der Waals surface area contributed by atoms with Gasteiger partial charge in [-0.05, 0) is 31.7 Å². The summed E-state index contributed by atoms with van der Waals surface area (Å²) in [5.41, 5.74) is 1.13. The number of piperidine rings is 1. The zero-order chi connectivity index (χ0) is 17.5. The number of rotatable bonds is 4. The molecular weight excluding hydrogens is 348 g/mol. The summed E-state index contributed by atoms with van der Waals surface area (Å²) in [5.74, 6) is 1.29. The van der Waals surface area contributed by atoms with Crippen LogP contribution in [0.15, 0.2) is 29.8 Å². The topological polar surface area (TPSA) is 67.4 Å². The maximum absolute atomic E-state index is 12.8. The van der Waals surface area contributed by atoms with Gasteiger partial charge in [0.15, 0.2) is 5.13 Å². The zero-order valence-corrected chi connectivity index (χ0v) is 15.3. The number of anilines is 1. The highest BCUT2D eigenvalue weighted by Crippen LogP contribution is 2.41. The Morgan fingerprint density at radius 1 is 1.19 bits per heavy atom. The molecule has 2 saturated heterocycles. The number of amides is 2. The van der Waals surface area contributed by atoms with E-state index in [1.54, 1.807) is 6.20 Å². The van der Waals surface area contributed by atoms with E-state index in [2.05, 4.69) is 20.7 Å². The Balaban J connectivity index is 1.22. The average Bonchev–Trinajstić information content (AvgIpc) is 3.33. The Morgan fingerprint density at radius 2 is 2.00 bits per heavy atom. The second-order valence-corrected chi connectivity index (χ2v) is 8.31. The average molecular weight is 370 g/mol. The minimum Gasteiger partial charge on any atom is -0.474 e. The van der Waals surface area contributed by atoms with Crippen LogP contribution < -0.4 is 10.1 Å². The highest BCUT2D eigenvalue weighted by molar-refractivity contribution is 7.13. The predicted octanol–water partition coefficient (Wildman–Crippen LogP) is 4.02. The standard InChI is InChI=1S/C19H22N4O2S/c24-19(22-18-21-16(11-26-18)12-4-5-12)23-13-6-7-14(23)10-15(9-13)25-17-3-1-2-8-20-17/h1-3,8,11-15H,4-7,9-10H2,(H,21,22,24). The quantitative estimate of drug-likeness (QED) is 0.883. The molecule has 0 radical (unpaired) electrons. The normalized spacial score (nSPS) is 27.4. The number of carbonyl (C=O) groups excluding carboxylic acids is 1. The van der Waals surface area contributed by atoms with Crippen LogP contribution in [0.5, 0.6) is 5.88 Å². The molecule has 136 valence electrons. The maximum atomic E-state index is 12.8. The lowest BCUT2D eigenvalue weighted by Crippen LogP contribution is -2.50. The van der Waals surface area contributed by atoms with Crippen LogP contribution in [0.1, 0.15) is 50.1 Å². The van der Waals surface area contributed by atoms with Gasteiger partial charge in [-0.15, -0.1) is 11.3 Å². The number of nitrogens with zero attached hydrogens (tertiary/aromatic N) is 3. The third kappa shape index (κ3) is 3.16. The first-order valence-corrected chi connectivity index (χ1v) is 10.3. The molecule has 1 aliphatic carbocycles. The minimum absolute atomic E-state index is 0.00881. The SMILES string of the molecule is O=C(Nc1nc(C2CC2)cs1)N1C2CCC1CC(Oc1ccccn1)C2. The highest BCUT2D eigenvalue weighted by atomic mass is 32.1. The van der Waals surface area contributed by atoms with Crippen LogP contribution in [0.3, 0.4) is 0 Å². The largest absolute Gasteiger partial charge is 0.474 e.